The van der Waals surface area contributed by atoms with Crippen LogP contribution in [0.3, 0.4) is 0 Å². The minimum atomic E-state index is -0.772. The molecule has 0 aliphatic rings. The van der Waals surface area contributed by atoms with E-state index in [4.69, 9.17) is 5.11 Å². The molecular formula is C11H13BrN2O3. The van der Waals surface area contributed by atoms with Crippen LogP contribution in [0.1, 0.15) is 5.56 Å². The Labute approximate surface area is 107 Å². The van der Waals surface area contributed by atoms with E-state index in [1.54, 1.807) is 6.07 Å². The zero-order valence-electron chi connectivity index (χ0n) is 9.29. The molecule has 1 rings (SSSR count). The fraction of sp³-hybridized carbons (Fsp3) is 0.273. The number of carbonyl (C=O) groups excluding carboxylic acids is 2. The molecule has 92 valence electrons. The van der Waals surface area contributed by atoms with Crippen molar-refractivity contribution in [3.05, 3.63) is 28.2 Å². The van der Waals surface area contributed by atoms with Gasteiger partial charge in [0, 0.05) is 11.0 Å². The van der Waals surface area contributed by atoms with Gasteiger partial charge in [0.25, 0.3) is 0 Å². The first-order chi connectivity index (χ1) is 8.04. The fourth-order valence-corrected chi connectivity index (χ4v) is 1.74. The van der Waals surface area contributed by atoms with Crippen molar-refractivity contribution in [2.45, 2.75) is 6.92 Å². The van der Waals surface area contributed by atoms with Gasteiger partial charge >= 0.3 is 11.8 Å². The summed E-state index contributed by atoms with van der Waals surface area (Å²) in [6.45, 7) is 1.78. The molecule has 17 heavy (non-hydrogen) atoms. The van der Waals surface area contributed by atoms with Crippen LogP contribution in [0.25, 0.3) is 0 Å². The summed E-state index contributed by atoms with van der Waals surface area (Å²) < 4.78 is 0.709. The minimum Gasteiger partial charge on any atom is -0.395 e. The molecule has 3 N–H and O–H groups in total. The van der Waals surface area contributed by atoms with Crippen LogP contribution in [-0.2, 0) is 9.59 Å². The molecule has 0 fully saturated rings. The van der Waals surface area contributed by atoms with Gasteiger partial charge in [0.2, 0.25) is 0 Å². The predicted octanol–water partition coefficient (Wildman–Crippen LogP) is 0.805. The van der Waals surface area contributed by atoms with Crippen molar-refractivity contribution in [3.63, 3.8) is 0 Å². The highest BCUT2D eigenvalue weighted by Crippen LogP contribution is 2.23. The second-order valence-electron chi connectivity index (χ2n) is 3.42. The molecule has 0 radical (unpaired) electrons. The third kappa shape index (κ3) is 4.16. The van der Waals surface area contributed by atoms with Crippen LogP contribution in [0.4, 0.5) is 5.69 Å². The van der Waals surface area contributed by atoms with Crippen LogP contribution in [0.15, 0.2) is 22.7 Å². The van der Waals surface area contributed by atoms with E-state index >= 15 is 0 Å². The van der Waals surface area contributed by atoms with Crippen LogP contribution < -0.4 is 10.6 Å². The Morgan fingerprint density at radius 1 is 1.35 bits per heavy atom. The normalized spacial score (nSPS) is 9.82. The molecular weight excluding hydrogens is 288 g/mol. The number of hydrogen-bond donors (Lipinski definition) is 3. The number of nitrogens with one attached hydrogen (secondary N) is 2. The number of anilines is 1. The van der Waals surface area contributed by atoms with E-state index in [-0.39, 0.29) is 13.2 Å². The Bertz CT molecular complexity index is 435. The van der Waals surface area contributed by atoms with Gasteiger partial charge in [-0.05, 0) is 40.5 Å². The summed E-state index contributed by atoms with van der Waals surface area (Å²) in [7, 11) is 0. The summed E-state index contributed by atoms with van der Waals surface area (Å²) in [4.78, 5) is 22.7. The van der Waals surface area contributed by atoms with Crippen molar-refractivity contribution < 1.29 is 14.7 Å². The maximum Gasteiger partial charge on any atom is 0.313 e. The zero-order chi connectivity index (χ0) is 12.8. The van der Waals surface area contributed by atoms with Crippen LogP contribution >= 0.6 is 15.9 Å². The Morgan fingerprint density at radius 3 is 2.65 bits per heavy atom. The van der Waals surface area contributed by atoms with Gasteiger partial charge in [0.1, 0.15) is 0 Å². The summed E-state index contributed by atoms with van der Waals surface area (Å²) in [6.07, 6.45) is 0. The van der Waals surface area contributed by atoms with E-state index < -0.39 is 11.8 Å². The van der Waals surface area contributed by atoms with Crippen molar-refractivity contribution in [3.8, 4) is 0 Å². The molecule has 1 aromatic carbocycles. The predicted molar refractivity (Wildman–Crippen MR) is 67.6 cm³/mol. The summed E-state index contributed by atoms with van der Waals surface area (Å²) in [5, 5.41) is 13.2. The number of halogens is 1. The number of aliphatic hydroxyl groups is 1. The molecule has 0 spiro atoms. The number of rotatable bonds is 3. The molecule has 0 atom stereocenters. The van der Waals surface area contributed by atoms with Crippen molar-refractivity contribution in [2.75, 3.05) is 18.5 Å². The molecule has 0 saturated heterocycles. The number of benzene rings is 1. The third-order valence-electron chi connectivity index (χ3n) is 1.98. The first-order valence-electron chi connectivity index (χ1n) is 5.01. The highest BCUT2D eigenvalue weighted by molar-refractivity contribution is 9.10. The minimum absolute atomic E-state index is 0.0569. The van der Waals surface area contributed by atoms with Crippen molar-refractivity contribution >= 4 is 33.4 Å². The molecule has 0 aliphatic heterocycles. The van der Waals surface area contributed by atoms with Crippen molar-refractivity contribution in [1.29, 1.82) is 0 Å². The lowest BCUT2D eigenvalue weighted by atomic mass is 10.2. The lowest BCUT2D eigenvalue weighted by Crippen LogP contribution is -2.36. The molecule has 6 heteroatoms. The lowest BCUT2D eigenvalue weighted by molar-refractivity contribution is -0.136. The zero-order valence-corrected chi connectivity index (χ0v) is 10.9. The first-order valence-corrected chi connectivity index (χ1v) is 5.80. The summed E-state index contributed by atoms with van der Waals surface area (Å²) in [6, 6.07) is 5.36. The third-order valence-corrected chi connectivity index (χ3v) is 2.63. The summed E-state index contributed by atoms with van der Waals surface area (Å²) >= 11 is 3.29. The standard InChI is InChI=1S/C11H13BrN2O3/c1-7-2-3-9(8(12)6-7)14-11(17)10(16)13-4-5-15/h2-3,6,15H,4-5H2,1H3,(H,13,16)(H,14,17). The molecule has 5 nitrogen and oxygen atoms in total. The second-order valence-corrected chi connectivity index (χ2v) is 4.27. The van der Waals surface area contributed by atoms with Crippen molar-refractivity contribution in [2.24, 2.45) is 0 Å². The highest BCUT2D eigenvalue weighted by atomic mass is 79.9. The maximum atomic E-state index is 11.4. The van der Waals surface area contributed by atoms with Gasteiger partial charge in [0.15, 0.2) is 0 Å². The SMILES string of the molecule is Cc1ccc(NC(=O)C(=O)NCCO)c(Br)c1. The lowest BCUT2D eigenvalue weighted by Gasteiger charge is -2.07. The fourth-order valence-electron chi connectivity index (χ4n) is 1.15. The number of amides is 2. The largest absolute Gasteiger partial charge is 0.395 e. The Morgan fingerprint density at radius 2 is 2.06 bits per heavy atom. The smallest absolute Gasteiger partial charge is 0.313 e. The summed E-state index contributed by atoms with van der Waals surface area (Å²) in [5.74, 6) is -1.53. The molecule has 0 aliphatic carbocycles. The monoisotopic (exact) mass is 300 g/mol. The average molecular weight is 301 g/mol. The Balaban J connectivity index is 2.64. The van der Waals surface area contributed by atoms with Gasteiger partial charge in [-0.3, -0.25) is 9.59 Å². The number of carbonyl (C=O) groups is 2. The van der Waals surface area contributed by atoms with Gasteiger partial charge in [0.05, 0.1) is 12.3 Å². The maximum absolute atomic E-state index is 11.4. The molecule has 2 amide bonds. The van der Waals surface area contributed by atoms with E-state index in [1.807, 2.05) is 19.1 Å². The number of hydrogen-bond acceptors (Lipinski definition) is 3. The van der Waals surface area contributed by atoms with Crippen LogP contribution in [0, 0.1) is 6.92 Å². The van der Waals surface area contributed by atoms with Crippen LogP contribution in [0.5, 0.6) is 0 Å². The highest BCUT2D eigenvalue weighted by Gasteiger charge is 2.13. The van der Waals surface area contributed by atoms with E-state index in [1.165, 1.54) is 0 Å². The van der Waals surface area contributed by atoms with Gasteiger partial charge in [-0.1, -0.05) is 6.07 Å². The van der Waals surface area contributed by atoms with E-state index in [0.717, 1.165) is 5.56 Å². The first kappa shape index (κ1) is 13.7. The number of aryl methyl sites for hydroxylation is 1. The van der Waals surface area contributed by atoms with Crippen LogP contribution in [-0.4, -0.2) is 30.1 Å². The summed E-state index contributed by atoms with van der Waals surface area (Å²) in [5.41, 5.74) is 1.57. The van der Waals surface area contributed by atoms with E-state index in [0.29, 0.717) is 10.2 Å². The molecule has 0 aromatic heterocycles. The number of aliphatic hydroxyl groups excluding tert-OH is 1. The Hall–Kier alpha value is -1.40. The molecule has 0 heterocycles. The van der Waals surface area contributed by atoms with E-state index in [9.17, 15) is 9.59 Å². The quantitative estimate of drug-likeness (QED) is 0.723. The molecule has 0 bridgehead atoms. The van der Waals surface area contributed by atoms with Crippen molar-refractivity contribution in [1.82, 2.24) is 5.32 Å². The Kier molecular flexibility index (Phi) is 5.11. The van der Waals surface area contributed by atoms with Gasteiger partial charge in [-0.2, -0.15) is 0 Å². The van der Waals surface area contributed by atoms with Gasteiger partial charge < -0.3 is 15.7 Å². The van der Waals surface area contributed by atoms with Crippen LogP contribution in [0.2, 0.25) is 0 Å². The molecule has 0 saturated carbocycles. The van der Waals surface area contributed by atoms with Gasteiger partial charge in [-0.25, -0.2) is 0 Å². The van der Waals surface area contributed by atoms with E-state index in [2.05, 4.69) is 26.6 Å². The van der Waals surface area contributed by atoms with Gasteiger partial charge in [-0.15, -0.1) is 0 Å². The topological polar surface area (TPSA) is 78.4 Å². The second kappa shape index (κ2) is 6.36. The molecule has 1 aromatic rings. The average Bonchev–Trinajstić information content (AvgIpc) is 2.29. The molecule has 0 unspecified atom stereocenters.